The SMILES string of the molecule is CCCN(CCN(CC)CC)C(C)(CC)CN. The molecule has 0 aromatic carbocycles. The van der Waals surface area contributed by atoms with Crippen molar-refractivity contribution in [1.29, 1.82) is 0 Å². The fourth-order valence-electron chi connectivity index (χ4n) is 2.22. The number of likely N-dealkylation sites (N-methyl/N-ethyl adjacent to an activating group) is 1. The van der Waals surface area contributed by atoms with E-state index >= 15 is 0 Å². The minimum Gasteiger partial charge on any atom is -0.329 e. The minimum absolute atomic E-state index is 0.170. The van der Waals surface area contributed by atoms with Crippen molar-refractivity contribution in [2.45, 2.75) is 53.0 Å². The van der Waals surface area contributed by atoms with Crippen molar-refractivity contribution in [3.63, 3.8) is 0 Å². The van der Waals surface area contributed by atoms with Gasteiger partial charge in [0.25, 0.3) is 0 Å². The van der Waals surface area contributed by atoms with Gasteiger partial charge in [-0.15, -0.1) is 0 Å². The molecule has 1 unspecified atom stereocenters. The van der Waals surface area contributed by atoms with E-state index in [1.165, 1.54) is 6.42 Å². The molecule has 0 aliphatic carbocycles. The van der Waals surface area contributed by atoms with E-state index in [4.69, 9.17) is 5.73 Å². The molecule has 104 valence electrons. The molecule has 0 rings (SSSR count). The summed E-state index contributed by atoms with van der Waals surface area (Å²) in [5, 5.41) is 0. The summed E-state index contributed by atoms with van der Waals surface area (Å²) in [6.07, 6.45) is 2.33. The molecule has 3 nitrogen and oxygen atoms in total. The van der Waals surface area contributed by atoms with Gasteiger partial charge in [-0.05, 0) is 39.4 Å². The first-order valence-electron chi connectivity index (χ1n) is 7.25. The largest absolute Gasteiger partial charge is 0.329 e. The van der Waals surface area contributed by atoms with Gasteiger partial charge in [-0.2, -0.15) is 0 Å². The summed E-state index contributed by atoms with van der Waals surface area (Å²) in [5.74, 6) is 0. The Balaban J connectivity index is 4.41. The Kier molecular flexibility index (Phi) is 8.83. The highest BCUT2D eigenvalue weighted by atomic mass is 15.2. The second-order valence-corrected chi connectivity index (χ2v) is 5.07. The number of hydrogen-bond acceptors (Lipinski definition) is 3. The van der Waals surface area contributed by atoms with Crippen molar-refractivity contribution in [3.8, 4) is 0 Å². The summed E-state index contributed by atoms with van der Waals surface area (Å²) in [6, 6.07) is 0. The van der Waals surface area contributed by atoms with Gasteiger partial charge in [0.05, 0.1) is 0 Å². The minimum atomic E-state index is 0.170. The molecule has 2 N–H and O–H groups in total. The summed E-state index contributed by atoms with van der Waals surface area (Å²) in [6.45, 7) is 17.7. The Morgan fingerprint density at radius 1 is 0.941 bits per heavy atom. The smallest absolute Gasteiger partial charge is 0.0301 e. The molecule has 0 heterocycles. The molecule has 17 heavy (non-hydrogen) atoms. The molecule has 3 heteroatoms. The number of nitrogens with two attached hydrogens (primary N) is 1. The average Bonchev–Trinajstić information content (AvgIpc) is 2.37. The van der Waals surface area contributed by atoms with Gasteiger partial charge in [0.2, 0.25) is 0 Å². The van der Waals surface area contributed by atoms with Crippen LogP contribution in [-0.4, -0.2) is 54.6 Å². The van der Waals surface area contributed by atoms with Gasteiger partial charge in [0, 0.05) is 25.2 Å². The molecule has 0 spiro atoms. The molecule has 0 saturated carbocycles. The topological polar surface area (TPSA) is 32.5 Å². The van der Waals surface area contributed by atoms with E-state index in [0.29, 0.717) is 0 Å². The van der Waals surface area contributed by atoms with E-state index in [9.17, 15) is 0 Å². The van der Waals surface area contributed by atoms with Crippen molar-refractivity contribution < 1.29 is 0 Å². The molecular formula is C14H33N3. The molecule has 0 amide bonds. The van der Waals surface area contributed by atoms with Crippen LogP contribution in [0.4, 0.5) is 0 Å². The lowest BCUT2D eigenvalue weighted by atomic mass is 9.96. The van der Waals surface area contributed by atoms with Crippen LogP contribution in [0.15, 0.2) is 0 Å². The van der Waals surface area contributed by atoms with E-state index in [1.807, 2.05) is 0 Å². The Bertz CT molecular complexity index is 174. The van der Waals surface area contributed by atoms with Crippen molar-refractivity contribution in [2.75, 3.05) is 39.3 Å². The zero-order chi connectivity index (χ0) is 13.3. The van der Waals surface area contributed by atoms with E-state index < -0.39 is 0 Å². The van der Waals surface area contributed by atoms with Gasteiger partial charge >= 0.3 is 0 Å². The fourth-order valence-corrected chi connectivity index (χ4v) is 2.22. The van der Waals surface area contributed by atoms with E-state index in [1.54, 1.807) is 0 Å². The second kappa shape index (κ2) is 8.90. The Hall–Kier alpha value is -0.120. The number of hydrogen-bond donors (Lipinski definition) is 1. The van der Waals surface area contributed by atoms with Crippen LogP contribution in [0.25, 0.3) is 0 Å². The lowest BCUT2D eigenvalue weighted by Crippen LogP contribution is -2.53. The van der Waals surface area contributed by atoms with E-state index in [0.717, 1.165) is 45.7 Å². The third kappa shape index (κ3) is 5.36. The third-order valence-corrected chi connectivity index (χ3v) is 4.04. The summed E-state index contributed by atoms with van der Waals surface area (Å²) < 4.78 is 0. The molecule has 0 aliphatic rings. The van der Waals surface area contributed by atoms with Crippen LogP contribution in [0.1, 0.15) is 47.5 Å². The van der Waals surface area contributed by atoms with E-state index in [-0.39, 0.29) is 5.54 Å². The first-order chi connectivity index (χ1) is 8.07. The second-order valence-electron chi connectivity index (χ2n) is 5.07. The maximum atomic E-state index is 5.96. The predicted octanol–water partition coefficient (Wildman–Crippen LogP) is 2.17. The molecule has 0 fully saturated rings. The van der Waals surface area contributed by atoms with E-state index in [2.05, 4.69) is 44.4 Å². The standard InChI is InChI=1S/C14H33N3/c1-6-10-17(14(5,7-2)13-15)12-11-16(8-3)9-4/h6-13,15H2,1-5H3. The predicted molar refractivity (Wildman–Crippen MR) is 77.4 cm³/mol. The highest BCUT2D eigenvalue weighted by Gasteiger charge is 2.27. The van der Waals surface area contributed by atoms with Crippen molar-refractivity contribution >= 4 is 0 Å². The highest BCUT2D eigenvalue weighted by Crippen LogP contribution is 2.18. The molecule has 0 aliphatic heterocycles. The summed E-state index contributed by atoms with van der Waals surface area (Å²) in [7, 11) is 0. The lowest BCUT2D eigenvalue weighted by Gasteiger charge is -2.41. The van der Waals surface area contributed by atoms with Crippen LogP contribution >= 0.6 is 0 Å². The average molecular weight is 243 g/mol. The van der Waals surface area contributed by atoms with Crippen LogP contribution in [0, 0.1) is 0 Å². The van der Waals surface area contributed by atoms with Crippen LogP contribution in [0.2, 0.25) is 0 Å². The van der Waals surface area contributed by atoms with Crippen LogP contribution in [0.5, 0.6) is 0 Å². The summed E-state index contributed by atoms with van der Waals surface area (Å²) >= 11 is 0. The first kappa shape index (κ1) is 16.9. The Labute approximate surface area is 108 Å². The maximum absolute atomic E-state index is 5.96. The zero-order valence-electron chi connectivity index (χ0n) is 12.6. The monoisotopic (exact) mass is 243 g/mol. The lowest BCUT2D eigenvalue weighted by molar-refractivity contribution is 0.0912. The molecular weight excluding hydrogens is 210 g/mol. The molecule has 0 aromatic heterocycles. The van der Waals surface area contributed by atoms with Gasteiger partial charge in [-0.25, -0.2) is 0 Å². The molecule has 0 radical (unpaired) electrons. The zero-order valence-corrected chi connectivity index (χ0v) is 12.6. The fraction of sp³-hybridized carbons (Fsp3) is 1.00. The number of rotatable bonds is 10. The molecule has 1 atom stereocenters. The molecule has 0 aromatic rings. The van der Waals surface area contributed by atoms with Gasteiger partial charge in [0.1, 0.15) is 0 Å². The first-order valence-corrected chi connectivity index (χ1v) is 7.25. The van der Waals surface area contributed by atoms with Crippen LogP contribution in [0.3, 0.4) is 0 Å². The normalized spacial score (nSPS) is 15.5. The molecule has 0 saturated heterocycles. The van der Waals surface area contributed by atoms with Crippen molar-refractivity contribution in [3.05, 3.63) is 0 Å². The molecule has 0 bridgehead atoms. The van der Waals surface area contributed by atoms with Crippen LogP contribution in [-0.2, 0) is 0 Å². The van der Waals surface area contributed by atoms with Gasteiger partial charge in [0.15, 0.2) is 0 Å². The van der Waals surface area contributed by atoms with Crippen molar-refractivity contribution in [2.24, 2.45) is 5.73 Å². The quantitative estimate of drug-likeness (QED) is 0.638. The third-order valence-electron chi connectivity index (χ3n) is 4.04. The van der Waals surface area contributed by atoms with Gasteiger partial charge in [-0.1, -0.05) is 27.7 Å². The Morgan fingerprint density at radius 3 is 1.88 bits per heavy atom. The van der Waals surface area contributed by atoms with Crippen molar-refractivity contribution in [1.82, 2.24) is 9.80 Å². The Morgan fingerprint density at radius 2 is 1.53 bits per heavy atom. The summed E-state index contributed by atoms with van der Waals surface area (Å²) in [4.78, 5) is 5.06. The number of nitrogens with zero attached hydrogens (tertiary/aromatic N) is 2. The van der Waals surface area contributed by atoms with Gasteiger partial charge in [-0.3, -0.25) is 4.90 Å². The highest BCUT2D eigenvalue weighted by molar-refractivity contribution is 4.86. The summed E-state index contributed by atoms with van der Waals surface area (Å²) in [5.41, 5.74) is 6.13. The maximum Gasteiger partial charge on any atom is 0.0301 e. The van der Waals surface area contributed by atoms with Crippen LogP contribution < -0.4 is 5.73 Å². The van der Waals surface area contributed by atoms with Gasteiger partial charge < -0.3 is 10.6 Å².